The van der Waals surface area contributed by atoms with Crippen LogP contribution in [0.1, 0.15) is 46.2 Å². The van der Waals surface area contributed by atoms with Gasteiger partial charge in [0.1, 0.15) is 5.57 Å². The van der Waals surface area contributed by atoms with E-state index in [1.165, 1.54) is 13.2 Å². The number of esters is 1. The zero-order valence-electron chi connectivity index (χ0n) is 27.4. The van der Waals surface area contributed by atoms with E-state index in [0.717, 1.165) is 34.2 Å². The van der Waals surface area contributed by atoms with E-state index in [-0.39, 0.29) is 17.8 Å². The monoisotopic (exact) mass is 691 g/mol. The van der Waals surface area contributed by atoms with Crippen LogP contribution >= 0.6 is 23.2 Å². The van der Waals surface area contributed by atoms with Crippen LogP contribution < -0.4 is 5.32 Å². The van der Waals surface area contributed by atoms with Crippen molar-refractivity contribution in [3.63, 3.8) is 0 Å². The van der Waals surface area contributed by atoms with Crippen LogP contribution in [0.4, 0.5) is 0 Å². The lowest BCUT2D eigenvalue weighted by molar-refractivity contribution is -0.137. The molecule has 0 spiro atoms. The van der Waals surface area contributed by atoms with Crippen molar-refractivity contribution in [1.29, 1.82) is 0 Å². The number of benzene rings is 5. The number of ether oxygens (including phenoxy) is 2. The molecule has 5 aromatic rings. The van der Waals surface area contributed by atoms with Crippen LogP contribution in [-0.4, -0.2) is 32.0 Å². The number of nitrogens with one attached hydrogen (secondary N) is 1. The van der Waals surface area contributed by atoms with Crippen LogP contribution in [0.3, 0.4) is 0 Å². The normalized spacial score (nSPS) is 11.7. The minimum absolute atomic E-state index is 0.101. The summed E-state index contributed by atoms with van der Waals surface area (Å²) in [7, 11) is 1.24. The van der Waals surface area contributed by atoms with Crippen molar-refractivity contribution in [2.45, 2.75) is 31.4 Å². The first kappa shape index (κ1) is 35.8. The number of ketones is 1. The Morgan fingerprint density at radius 2 is 1.20 bits per heavy atom. The lowest BCUT2D eigenvalue weighted by atomic mass is 9.77. The van der Waals surface area contributed by atoms with Gasteiger partial charge in [-0.3, -0.25) is 10.1 Å². The third-order valence-corrected chi connectivity index (χ3v) is 9.13. The number of carbonyl (C=O) groups is 2. The van der Waals surface area contributed by atoms with E-state index in [2.05, 4.69) is 78.1 Å². The summed E-state index contributed by atoms with van der Waals surface area (Å²) >= 11 is 12.6. The highest BCUT2D eigenvalue weighted by Crippen LogP contribution is 2.36. The second kappa shape index (κ2) is 17.8. The Morgan fingerprint density at radius 3 is 1.73 bits per heavy atom. The van der Waals surface area contributed by atoms with Gasteiger partial charge in [0.25, 0.3) is 0 Å². The second-order valence-corrected chi connectivity index (χ2v) is 12.4. The molecule has 0 saturated heterocycles. The Bertz CT molecular complexity index is 1740. The number of Topliss-reactive ketones (excluding diaryl/α,β-unsaturated/α-hetero) is 1. The molecule has 0 atom stereocenters. The molecule has 5 aromatic carbocycles. The molecule has 7 heteroatoms. The van der Waals surface area contributed by atoms with Crippen molar-refractivity contribution in [2.24, 2.45) is 0 Å². The van der Waals surface area contributed by atoms with Gasteiger partial charge in [-0.2, -0.15) is 0 Å². The van der Waals surface area contributed by atoms with Crippen LogP contribution in [0.15, 0.2) is 139 Å². The summed E-state index contributed by atoms with van der Waals surface area (Å²) in [6, 6.07) is 44.5. The van der Waals surface area contributed by atoms with Crippen LogP contribution in [-0.2, 0) is 37.6 Å². The van der Waals surface area contributed by atoms with Crippen molar-refractivity contribution < 1.29 is 19.1 Å². The Kier molecular flexibility index (Phi) is 13.0. The van der Waals surface area contributed by atoms with E-state index >= 15 is 0 Å². The first-order valence-electron chi connectivity index (χ1n) is 16.3. The van der Waals surface area contributed by atoms with Crippen LogP contribution in [0, 0.1) is 0 Å². The number of hydrogen-bond acceptors (Lipinski definition) is 5. The molecular weight excluding hydrogens is 653 g/mol. The lowest BCUT2D eigenvalue weighted by Crippen LogP contribution is -2.45. The van der Waals surface area contributed by atoms with E-state index in [1.54, 1.807) is 18.2 Å². The average molecular weight is 693 g/mol. The summed E-state index contributed by atoms with van der Waals surface area (Å²) < 4.78 is 11.1. The first-order valence-corrected chi connectivity index (χ1v) is 17.0. The van der Waals surface area contributed by atoms with Crippen LogP contribution in [0.25, 0.3) is 6.08 Å². The molecule has 0 fully saturated rings. The smallest absolute Gasteiger partial charge is 0.341 e. The predicted molar refractivity (Wildman–Crippen MR) is 198 cm³/mol. The van der Waals surface area contributed by atoms with Gasteiger partial charge in [-0.25, -0.2) is 4.79 Å². The molecule has 0 heterocycles. The molecular formula is C42H39Cl2NO4. The van der Waals surface area contributed by atoms with E-state index in [9.17, 15) is 9.59 Å². The van der Waals surface area contributed by atoms with Crippen LogP contribution in [0.5, 0.6) is 0 Å². The van der Waals surface area contributed by atoms with Gasteiger partial charge in [-0.15, -0.1) is 0 Å². The number of carbonyl (C=O) groups excluding carboxylic acids is 2. The molecule has 250 valence electrons. The molecule has 0 aliphatic rings. The van der Waals surface area contributed by atoms with Crippen molar-refractivity contribution >= 4 is 41.0 Å². The largest absolute Gasteiger partial charge is 0.465 e. The molecule has 0 amide bonds. The highest BCUT2D eigenvalue weighted by molar-refractivity contribution is 6.37. The van der Waals surface area contributed by atoms with Gasteiger partial charge >= 0.3 is 5.97 Å². The third kappa shape index (κ3) is 8.94. The number of hydrogen-bond donors (Lipinski definition) is 1. The SMILES string of the molecule is COC(=O)C(=Cc1c(Cl)cccc1Cl)C(=O)CCc1ccccc1COCCCNC(c1ccccc1)(c1ccccc1)c1ccccc1. The van der Waals surface area contributed by atoms with Gasteiger partial charge in [0.05, 0.1) is 19.3 Å². The maximum Gasteiger partial charge on any atom is 0.341 e. The molecule has 5 nitrogen and oxygen atoms in total. The molecule has 0 aliphatic heterocycles. The van der Waals surface area contributed by atoms with Gasteiger partial charge in [0.2, 0.25) is 0 Å². The molecule has 1 N–H and O–H groups in total. The first-order chi connectivity index (χ1) is 23.9. The zero-order chi connectivity index (χ0) is 34.5. The molecule has 0 saturated carbocycles. The second-order valence-electron chi connectivity index (χ2n) is 11.6. The van der Waals surface area contributed by atoms with E-state index in [0.29, 0.717) is 41.8 Å². The Hall–Kier alpha value is -4.52. The summed E-state index contributed by atoms with van der Waals surface area (Å²) in [5.74, 6) is -1.09. The van der Waals surface area contributed by atoms with Crippen molar-refractivity contribution in [3.05, 3.63) is 182 Å². The Labute approximate surface area is 298 Å². The van der Waals surface area contributed by atoms with Gasteiger partial charge in [0.15, 0.2) is 5.78 Å². The minimum Gasteiger partial charge on any atom is -0.465 e. The number of methoxy groups -OCH3 is 1. The highest BCUT2D eigenvalue weighted by atomic mass is 35.5. The van der Waals surface area contributed by atoms with Gasteiger partial charge in [-0.1, -0.05) is 145 Å². The summed E-state index contributed by atoms with van der Waals surface area (Å²) in [5.41, 5.74) is 5.23. The molecule has 49 heavy (non-hydrogen) atoms. The van der Waals surface area contributed by atoms with E-state index in [4.69, 9.17) is 32.7 Å². The summed E-state index contributed by atoms with van der Waals surface area (Å²) in [5, 5.41) is 4.57. The molecule has 0 unspecified atom stereocenters. The zero-order valence-corrected chi connectivity index (χ0v) is 28.9. The van der Waals surface area contributed by atoms with Gasteiger partial charge in [0, 0.05) is 28.6 Å². The lowest BCUT2D eigenvalue weighted by Gasteiger charge is -2.37. The van der Waals surface area contributed by atoms with E-state index < -0.39 is 11.5 Å². The molecule has 0 bridgehead atoms. The predicted octanol–water partition coefficient (Wildman–Crippen LogP) is 9.24. The Morgan fingerprint density at radius 1 is 0.694 bits per heavy atom. The summed E-state index contributed by atoms with van der Waals surface area (Å²) in [6.45, 7) is 1.66. The Balaban J connectivity index is 1.22. The van der Waals surface area contributed by atoms with Crippen molar-refractivity contribution in [1.82, 2.24) is 5.32 Å². The fourth-order valence-electron chi connectivity index (χ4n) is 5.98. The van der Waals surface area contributed by atoms with Gasteiger partial charge < -0.3 is 9.47 Å². The number of halogens is 2. The van der Waals surface area contributed by atoms with Crippen LogP contribution in [0.2, 0.25) is 10.0 Å². The summed E-state index contributed by atoms with van der Waals surface area (Å²) in [6.07, 6.45) is 2.72. The quantitative estimate of drug-likeness (QED) is 0.0279. The van der Waals surface area contributed by atoms with Crippen molar-refractivity contribution in [2.75, 3.05) is 20.3 Å². The fourth-order valence-corrected chi connectivity index (χ4v) is 6.49. The van der Waals surface area contributed by atoms with Crippen molar-refractivity contribution in [3.8, 4) is 0 Å². The van der Waals surface area contributed by atoms with Gasteiger partial charge in [-0.05, 0) is 65.4 Å². The number of rotatable bonds is 16. The summed E-state index contributed by atoms with van der Waals surface area (Å²) in [4.78, 5) is 25.8. The topological polar surface area (TPSA) is 64.6 Å². The molecule has 5 rings (SSSR count). The number of aryl methyl sites for hydroxylation is 1. The molecule has 0 radical (unpaired) electrons. The highest BCUT2D eigenvalue weighted by Gasteiger charge is 2.35. The standard InChI is InChI=1S/C42H39Cl2NO4/c1-48-41(47)37(29-36-38(43)23-13-24-39(36)44)40(46)26-25-31-15-11-12-16-32(31)30-49-28-14-27-45-42(33-17-5-2-6-18-33,34-19-7-3-8-20-34)35-21-9-4-10-22-35/h2-13,15-24,29,45H,14,25-28,30H2,1H3. The maximum absolute atomic E-state index is 13.3. The molecule has 0 aliphatic carbocycles. The molecule has 0 aromatic heterocycles. The third-order valence-electron chi connectivity index (χ3n) is 8.47. The maximum atomic E-state index is 13.3. The average Bonchev–Trinajstić information content (AvgIpc) is 3.15. The minimum atomic E-state index is -0.734. The van der Waals surface area contributed by atoms with E-state index in [1.807, 2.05) is 42.5 Å². The fraction of sp³-hybridized carbons (Fsp3) is 0.190.